The third-order valence-corrected chi connectivity index (χ3v) is 8.46. The number of ketones is 2. The van der Waals surface area contributed by atoms with Crippen LogP contribution in [0.15, 0.2) is 30.6 Å². The minimum Gasteiger partial charge on any atom is -0.508 e. The predicted octanol–water partition coefficient (Wildman–Crippen LogP) is 3.96. The zero-order valence-corrected chi connectivity index (χ0v) is 31.8. The van der Waals surface area contributed by atoms with E-state index in [0.29, 0.717) is 134 Å². The molecule has 0 saturated heterocycles. The summed E-state index contributed by atoms with van der Waals surface area (Å²) in [5.41, 5.74) is 9.15. The van der Waals surface area contributed by atoms with Gasteiger partial charge >= 0.3 is 6.09 Å². The first kappa shape index (κ1) is 43.6. The second-order valence-corrected chi connectivity index (χ2v) is 12.7. The van der Waals surface area contributed by atoms with Crippen LogP contribution in [0.2, 0.25) is 0 Å². The fraction of sp³-hybridized carbons (Fsp3) is 0.538. The smallest absolute Gasteiger partial charge is 0.408 e. The Labute approximate surface area is 325 Å². The Balaban J connectivity index is 0.932. The minimum atomic E-state index is -0.583. The monoisotopic (exact) mass is 779 g/mol. The topological polar surface area (TPSA) is 224 Å². The highest BCUT2D eigenvalue weighted by Gasteiger charge is 2.18. The Morgan fingerprint density at radius 1 is 0.804 bits per heavy atom. The zero-order valence-electron chi connectivity index (χ0n) is 31.8. The van der Waals surface area contributed by atoms with E-state index in [1.807, 2.05) is 16.8 Å². The highest BCUT2D eigenvalue weighted by molar-refractivity contribution is 6.00. The predicted molar refractivity (Wildman–Crippen MR) is 208 cm³/mol. The number of hydrogen-bond donors (Lipinski definition) is 4. The number of unbranched alkanes of at least 4 members (excludes halogenated alkanes) is 2. The van der Waals surface area contributed by atoms with Crippen LogP contribution in [0.4, 0.5) is 10.6 Å². The van der Waals surface area contributed by atoms with Crippen LogP contribution in [0.25, 0.3) is 33.3 Å². The molecule has 17 heteroatoms. The summed E-state index contributed by atoms with van der Waals surface area (Å²) in [7, 11) is 0. The largest absolute Gasteiger partial charge is 0.508 e. The van der Waals surface area contributed by atoms with E-state index in [9.17, 15) is 19.5 Å². The highest BCUT2D eigenvalue weighted by atomic mass is 16.6. The van der Waals surface area contributed by atoms with Crippen molar-refractivity contribution in [1.29, 1.82) is 0 Å². The van der Waals surface area contributed by atoms with Crippen molar-refractivity contribution in [3.8, 4) is 29.5 Å². The first-order valence-electron chi connectivity index (χ1n) is 18.9. The summed E-state index contributed by atoms with van der Waals surface area (Å²) in [5, 5.41) is 18.7. The summed E-state index contributed by atoms with van der Waals surface area (Å²) in [6.07, 6.45) is 10.5. The van der Waals surface area contributed by atoms with Gasteiger partial charge in [-0.2, -0.15) is 5.10 Å². The lowest BCUT2D eigenvalue weighted by Crippen LogP contribution is -2.28. The maximum atomic E-state index is 12.4. The van der Waals surface area contributed by atoms with Crippen LogP contribution < -0.4 is 11.1 Å². The molecule has 0 aliphatic heterocycles. The van der Waals surface area contributed by atoms with E-state index in [0.717, 1.165) is 35.9 Å². The van der Waals surface area contributed by atoms with E-state index in [2.05, 4.69) is 30.9 Å². The van der Waals surface area contributed by atoms with Crippen molar-refractivity contribution in [1.82, 2.24) is 30.0 Å². The van der Waals surface area contributed by atoms with Gasteiger partial charge in [-0.25, -0.2) is 19.4 Å². The molecule has 0 radical (unpaired) electrons. The lowest BCUT2D eigenvalue weighted by atomic mass is 10.1. The Bertz CT molecular complexity index is 1850. The number of fused-ring (bicyclic) bond motifs is 2. The molecule has 0 atom stereocenters. The van der Waals surface area contributed by atoms with E-state index in [1.54, 1.807) is 12.1 Å². The SMILES string of the molecule is C#CCOC(=O)NCCOCCOCCOCCC(=O)CCCOCCOCCC(=O)CCCCCn1nc(-c2cc3cc(O)ccc3[nH]2)c2c(N)ncnc21. The molecule has 56 heavy (non-hydrogen) atoms. The van der Waals surface area contributed by atoms with Crippen LogP contribution >= 0.6 is 0 Å². The summed E-state index contributed by atoms with van der Waals surface area (Å²) in [6.45, 7) is 4.64. The van der Waals surface area contributed by atoms with Crippen LogP contribution in [-0.2, 0) is 44.6 Å². The van der Waals surface area contributed by atoms with Gasteiger partial charge in [0.1, 0.15) is 35.2 Å². The summed E-state index contributed by atoms with van der Waals surface area (Å²) in [6, 6.07) is 7.03. The molecule has 0 saturated carbocycles. The van der Waals surface area contributed by atoms with Gasteiger partial charge in [0.25, 0.3) is 0 Å². The highest BCUT2D eigenvalue weighted by Crippen LogP contribution is 2.32. The van der Waals surface area contributed by atoms with E-state index >= 15 is 0 Å². The Morgan fingerprint density at radius 3 is 2.18 bits per heavy atom. The van der Waals surface area contributed by atoms with Gasteiger partial charge in [-0.3, -0.25) is 9.59 Å². The fourth-order valence-electron chi connectivity index (χ4n) is 5.62. The molecule has 0 spiro atoms. The number of nitrogens with two attached hydrogens (primary N) is 1. The number of carbonyl (C=O) groups is 3. The van der Waals surface area contributed by atoms with Crippen LogP contribution in [0.1, 0.15) is 51.4 Å². The van der Waals surface area contributed by atoms with Crippen molar-refractivity contribution in [2.24, 2.45) is 0 Å². The number of Topliss-reactive ketones (excluding diaryl/α,β-unsaturated/α-hetero) is 2. The van der Waals surface area contributed by atoms with Crippen molar-refractivity contribution >= 4 is 45.4 Å². The van der Waals surface area contributed by atoms with Gasteiger partial charge in [-0.15, -0.1) is 6.42 Å². The molecule has 304 valence electrons. The molecule has 3 aromatic heterocycles. The second kappa shape index (κ2) is 25.1. The molecule has 0 unspecified atom stereocenters. The Hall–Kier alpha value is -5.12. The number of aromatic hydroxyl groups is 1. The standard InChI is InChI=1S/C39H53N7O10/c1-2-15-56-39(50)41-13-19-54-23-25-55-24-22-53-18-12-31(48)8-6-16-51-20-21-52-17-11-30(47)7-4-3-5-14-46-38-35(37(40)42-28-43-38)36(45-46)34-27-29-26-32(49)9-10-33(29)44-34/h1,9-10,26-28,44,49H,3-8,11-25H2,(H,41,50)(H2,40,42,43). The third kappa shape index (κ3) is 15.6. The molecule has 1 aromatic carbocycles. The lowest BCUT2D eigenvalue weighted by molar-refractivity contribution is -0.121. The van der Waals surface area contributed by atoms with Gasteiger partial charge < -0.3 is 49.6 Å². The first-order valence-corrected chi connectivity index (χ1v) is 18.9. The number of aromatic amines is 1. The summed E-state index contributed by atoms with van der Waals surface area (Å²) >= 11 is 0. The molecule has 17 nitrogen and oxygen atoms in total. The van der Waals surface area contributed by atoms with Crippen molar-refractivity contribution in [2.75, 3.05) is 85.0 Å². The number of anilines is 1. The quantitative estimate of drug-likeness (QED) is 0.0435. The number of aryl methyl sites for hydroxylation is 1. The Kier molecular flexibility index (Phi) is 19.6. The number of ether oxygens (including phenoxy) is 6. The van der Waals surface area contributed by atoms with E-state index < -0.39 is 6.09 Å². The Morgan fingerprint density at radius 2 is 1.46 bits per heavy atom. The van der Waals surface area contributed by atoms with Gasteiger partial charge in [0.05, 0.1) is 70.5 Å². The van der Waals surface area contributed by atoms with E-state index in [4.69, 9.17) is 40.9 Å². The van der Waals surface area contributed by atoms with Crippen LogP contribution in [0, 0.1) is 12.3 Å². The maximum Gasteiger partial charge on any atom is 0.408 e. The van der Waals surface area contributed by atoms with E-state index in [1.165, 1.54) is 6.33 Å². The number of H-pyrrole nitrogens is 1. The number of nitrogens with zero attached hydrogens (tertiary/aromatic N) is 4. The molecular formula is C39H53N7O10. The number of phenols is 1. The number of nitrogens with one attached hydrogen (secondary N) is 2. The van der Waals surface area contributed by atoms with Crippen LogP contribution in [0.5, 0.6) is 5.75 Å². The fourth-order valence-corrected chi connectivity index (χ4v) is 5.62. The van der Waals surface area contributed by atoms with Crippen LogP contribution in [-0.4, -0.2) is 127 Å². The van der Waals surface area contributed by atoms with Gasteiger partial charge in [0.2, 0.25) is 0 Å². The average molecular weight is 780 g/mol. The summed E-state index contributed by atoms with van der Waals surface area (Å²) in [5.74, 6) is 3.00. The molecule has 1 amide bonds. The van der Waals surface area contributed by atoms with Gasteiger partial charge in [-0.05, 0) is 43.5 Å². The second-order valence-electron chi connectivity index (χ2n) is 12.7. The lowest BCUT2D eigenvalue weighted by Gasteiger charge is -2.08. The molecular weight excluding hydrogens is 726 g/mol. The maximum absolute atomic E-state index is 12.4. The van der Waals surface area contributed by atoms with Gasteiger partial charge in [0, 0.05) is 56.3 Å². The van der Waals surface area contributed by atoms with Crippen molar-refractivity contribution in [2.45, 2.75) is 57.9 Å². The number of benzene rings is 1. The number of amides is 1. The number of rotatable bonds is 30. The van der Waals surface area contributed by atoms with E-state index in [-0.39, 0.29) is 23.9 Å². The number of alkyl carbamates (subject to hydrolysis) is 1. The third-order valence-electron chi connectivity index (χ3n) is 8.46. The number of terminal acetylenes is 1. The van der Waals surface area contributed by atoms with Crippen molar-refractivity contribution in [3.05, 3.63) is 30.6 Å². The number of aromatic nitrogens is 5. The molecule has 0 aliphatic rings. The van der Waals surface area contributed by atoms with Gasteiger partial charge in [0.15, 0.2) is 12.3 Å². The number of nitrogen functional groups attached to an aromatic ring is 1. The number of hydrogen-bond acceptors (Lipinski definition) is 14. The first-order chi connectivity index (χ1) is 27.4. The normalized spacial score (nSPS) is 11.3. The van der Waals surface area contributed by atoms with Gasteiger partial charge in [-0.1, -0.05) is 12.3 Å². The number of carbonyl (C=O) groups excluding carboxylic acids is 3. The van der Waals surface area contributed by atoms with Crippen molar-refractivity contribution < 1.29 is 47.9 Å². The summed E-state index contributed by atoms with van der Waals surface area (Å²) < 4.78 is 33.8. The zero-order chi connectivity index (χ0) is 39.8. The molecule has 5 N–H and O–H groups in total. The molecule has 4 rings (SSSR count). The number of phenolic OH excluding ortho intramolecular Hbond substituents is 1. The molecule has 3 heterocycles. The molecule has 0 aliphatic carbocycles. The molecule has 4 aromatic rings. The molecule has 0 fully saturated rings. The molecule has 0 bridgehead atoms. The minimum absolute atomic E-state index is 0.0742. The van der Waals surface area contributed by atoms with Crippen molar-refractivity contribution in [3.63, 3.8) is 0 Å². The van der Waals surface area contributed by atoms with Crippen LogP contribution in [0.3, 0.4) is 0 Å². The summed E-state index contributed by atoms with van der Waals surface area (Å²) in [4.78, 5) is 47.5. The average Bonchev–Trinajstić information content (AvgIpc) is 3.78.